The van der Waals surface area contributed by atoms with E-state index in [1.54, 1.807) is 6.92 Å². The maximum Gasteiger partial charge on any atom is 0.318 e. The fraction of sp³-hybridized carbons (Fsp3) is 0.429. The first-order chi connectivity index (χ1) is 9.47. The first-order valence-electron chi connectivity index (χ1n) is 6.60. The second-order valence-electron chi connectivity index (χ2n) is 4.65. The first kappa shape index (κ1) is 16.0. The van der Waals surface area contributed by atoms with E-state index in [4.69, 9.17) is 11.5 Å². The number of carbonyl (C=O) groups excluding carboxylic acids is 2. The molecule has 0 aliphatic heterocycles. The molecule has 1 rings (SSSR count). The zero-order valence-electron chi connectivity index (χ0n) is 11.9. The van der Waals surface area contributed by atoms with Crippen molar-refractivity contribution in [2.24, 2.45) is 11.5 Å². The molecule has 1 aromatic rings. The molecule has 5 N–H and O–H groups in total. The Morgan fingerprint density at radius 2 is 2.00 bits per heavy atom. The summed E-state index contributed by atoms with van der Waals surface area (Å²) in [6.45, 7) is 4.88. The Kier molecular flexibility index (Phi) is 5.99. The third-order valence-corrected chi connectivity index (χ3v) is 3.12. The van der Waals surface area contributed by atoms with Gasteiger partial charge in [-0.25, -0.2) is 4.79 Å². The highest BCUT2D eigenvalue weighted by Gasteiger charge is 2.23. The number of imide groups is 1. The van der Waals surface area contributed by atoms with Crippen LogP contribution in [0.15, 0.2) is 24.3 Å². The minimum Gasteiger partial charge on any atom is -0.360 e. The number of carbonyl (C=O) groups is 2. The number of primary amides is 1. The van der Waals surface area contributed by atoms with Gasteiger partial charge in [0.25, 0.3) is 0 Å². The van der Waals surface area contributed by atoms with Gasteiger partial charge in [-0.3, -0.25) is 10.1 Å². The van der Waals surface area contributed by atoms with Crippen LogP contribution in [0.2, 0.25) is 0 Å². The predicted molar refractivity (Wildman–Crippen MR) is 79.4 cm³/mol. The van der Waals surface area contributed by atoms with Crippen LogP contribution >= 0.6 is 0 Å². The van der Waals surface area contributed by atoms with Crippen LogP contribution in [0.1, 0.15) is 18.9 Å². The third-order valence-electron chi connectivity index (χ3n) is 3.12. The summed E-state index contributed by atoms with van der Waals surface area (Å²) in [4.78, 5) is 24.7. The molecule has 20 heavy (non-hydrogen) atoms. The van der Waals surface area contributed by atoms with Crippen molar-refractivity contribution in [3.8, 4) is 0 Å². The van der Waals surface area contributed by atoms with Crippen molar-refractivity contribution < 1.29 is 9.59 Å². The van der Waals surface area contributed by atoms with Crippen LogP contribution in [-0.2, 0) is 4.79 Å². The highest BCUT2D eigenvalue weighted by Crippen LogP contribution is 2.22. The number of nitrogens with one attached hydrogen (secondary N) is 1. The lowest BCUT2D eigenvalue weighted by Crippen LogP contribution is -2.49. The SMILES string of the molecule is Cc1ccccc1N(CCCN)C(C)C(=O)NC(N)=O. The molecular weight excluding hydrogens is 256 g/mol. The van der Waals surface area contributed by atoms with E-state index in [1.165, 1.54) is 0 Å². The molecule has 0 aliphatic rings. The van der Waals surface area contributed by atoms with Crippen molar-refractivity contribution in [3.63, 3.8) is 0 Å². The number of rotatable bonds is 6. The van der Waals surface area contributed by atoms with Gasteiger partial charge in [0.2, 0.25) is 5.91 Å². The van der Waals surface area contributed by atoms with Crippen molar-refractivity contribution in [3.05, 3.63) is 29.8 Å². The lowest BCUT2D eigenvalue weighted by Gasteiger charge is -2.31. The zero-order valence-corrected chi connectivity index (χ0v) is 11.9. The summed E-state index contributed by atoms with van der Waals surface area (Å²) in [5.41, 5.74) is 12.5. The van der Waals surface area contributed by atoms with Gasteiger partial charge in [0.05, 0.1) is 0 Å². The molecule has 0 aromatic heterocycles. The van der Waals surface area contributed by atoms with E-state index in [9.17, 15) is 9.59 Å². The van der Waals surface area contributed by atoms with Crippen LogP contribution in [-0.4, -0.2) is 31.1 Å². The average Bonchev–Trinajstić information content (AvgIpc) is 2.40. The van der Waals surface area contributed by atoms with Crippen molar-refractivity contribution in [1.82, 2.24) is 5.32 Å². The maximum absolute atomic E-state index is 12.0. The molecule has 6 heteroatoms. The molecule has 1 unspecified atom stereocenters. The fourth-order valence-electron chi connectivity index (χ4n) is 2.04. The Labute approximate surface area is 119 Å². The van der Waals surface area contributed by atoms with Crippen LogP contribution in [0.3, 0.4) is 0 Å². The summed E-state index contributed by atoms with van der Waals surface area (Å²) in [6.07, 6.45) is 0.753. The molecule has 0 radical (unpaired) electrons. The highest BCUT2D eigenvalue weighted by molar-refractivity contribution is 5.97. The van der Waals surface area contributed by atoms with E-state index in [1.807, 2.05) is 36.1 Å². The summed E-state index contributed by atoms with van der Waals surface area (Å²) < 4.78 is 0. The van der Waals surface area contributed by atoms with Crippen LogP contribution in [0, 0.1) is 6.92 Å². The van der Waals surface area contributed by atoms with Gasteiger partial charge in [0.15, 0.2) is 0 Å². The molecule has 0 spiro atoms. The van der Waals surface area contributed by atoms with E-state index in [0.29, 0.717) is 13.1 Å². The number of hydrogen-bond donors (Lipinski definition) is 3. The van der Waals surface area contributed by atoms with Crippen molar-refractivity contribution in [1.29, 1.82) is 0 Å². The molecule has 1 atom stereocenters. The second-order valence-corrected chi connectivity index (χ2v) is 4.65. The number of para-hydroxylation sites is 1. The van der Waals surface area contributed by atoms with Crippen molar-refractivity contribution >= 4 is 17.6 Å². The normalized spacial score (nSPS) is 11.8. The molecule has 3 amide bonds. The molecule has 1 aromatic carbocycles. The maximum atomic E-state index is 12.0. The second kappa shape index (κ2) is 7.49. The minimum atomic E-state index is -0.842. The number of benzene rings is 1. The first-order valence-corrected chi connectivity index (χ1v) is 6.60. The smallest absolute Gasteiger partial charge is 0.318 e. The van der Waals surface area contributed by atoms with E-state index < -0.39 is 18.0 Å². The van der Waals surface area contributed by atoms with E-state index in [2.05, 4.69) is 5.32 Å². The minimum absolute atomic E-state index is 0.419. The monoisotopic (exact) mass is 278 g/mol. The molecule has 110 valence electrons. The van der Waals surface area contributed by atoms with Crippen molar-refractivity contribution in [2.75, 3.05) is 18.0 Å². The highest BCUT2D eigenvalue weighted by atomic mass is 16.2. The summed E-state index contributed by atoms with van der Waals surface area (Å²) in [7, 11) is 0. The Morgan fingerprint density at radius 3 is 2.55 bits per heavy atom. The standard InChI is InChI=1S/C14H22N4O2/c1-10-6-3-4-7-12(10)18(9-5-8-15)11(2)13(19)17-14(16)20/h3-4,6-7,11H,5,8-9,15H2,1-2H3,(H3,16,17,19,20). The molecule has 0 saturated heterocycles. The predicted octanol–water partition coefficient (Wildman–Crippen LogP) is 0.734. The molecular formula is C14H22N4O2. The number of anilines is 1. The number of aryl methyl sites for hydroxylation is 1. The number of hydrogen-bond acceptors (Lipinski definition) is 4. The van der Waals surface area contributed by atoms with E-state index in [-0.39, 0.29) is 0 Å². The van der Waals surface area contributed by atoms with Gasteiger partial charge in [-0.1, -0.05) is 18.2 Å². The summed E-state index contributed by atoms with van der Waals surface area (Å²) in [6, 6.07) is 6.43. The topological polar surface area (TPSA) is 101 Å². The number of nitrogens with zero attached hydrogens (tertiary/aromatic N) is 1. The summed E-state index contributed by atoms with van der Waals surface area (Å²) >= 11 is 0. The Morgan fingerprint density at radius 1 is 1.35 bits per heavy atom. The zero-order chi connectivity index (χ0) is 15.1. The molecule has 6 nitrogen and oxygen atoms in total. The molecule has 0 heterocycles. The summed E-state index contributed by atoms with van der Waals surface area (Å²) in [5, 5.41) is 2.12. The van der Waals surface area contributed by atoms with Crippen LogP contribution < -0.4 is 21.7 Å². The van der Waals surface area contributed by atoms with Crippen LogP contribution in [0.25, 0.3) is 0 Å². The van der Waals surface area contributed by atoms with Gasteiger partial charge in [0, 0.05) is 12.2 Å². The number of nitrogens with two attached hydrogens (primary N) is 2. The molecule has 0 aliphatic carbocycles. The van der Waals surface area contributed by atoms with Gasteiger partial charge < -0.3 is 16.4 Å². The molecule has 0 saturated carbocycles. The Balaban J connectivity index is 2.97. The Bertz CT molecular complexity index is 476. The van der Waals surface area contributed by atoms with Crippen LogP contribution in [0.4, 0.5) is 10.5 Å². The molecule has 0 fully saturated rings. The number of urea groups is 1. The van der Waals surface area contributed by atoms with Gasteiger partial charge in [-0.15, -0.1) is 0 Å². The largest absolute Gasteiger partial charge is 0.360 e. The average molecular weight is 278 g/mol. The van der Waals surface area contributed by atoms with Crippen molar-refractivity contribution in [2.45, 2.75) is 26.3 Å². The third kappa shape index (κ3) is 4.24. The lowest BCUT2D eigenvalue weighted by atomic mass is 10.1. The Hall–Kier alpha value is -2.08. The van der Waals surface area contributed by atoms with E-state index in [0.717, 1.165) is 17.7 Å². The van der Waals surface area contributed by atoms with Gasteiger partial charge in [-0.2, -0.15) is 0 Å². The van der Waals surface area contributed by atoms with Gasteiger partial charge in [0.1, 0.15) is 6.04 Å². The van der Waals surface area contributed by atoms with Gasteiger partial charge >= 0.3 is 6.03 Å². The lowest BCUT2D eigenvalue weighted by molar-refractivity contribution is -0.120. The van der Waals surface area contributed by atoms with Gasteiger partial charge in [-0.05, 0) is 38.4 Å². The number of amides is 3. The quantitative estimate of drug-likeness (QED) is 0.714. The molecule has 0 bridgehead atoms. The summed E-state index contributed by atoms with van der Waals surface area (Å²) in [5.74, 6) is -0.419. The fourth-order valence-corrected chi connectivity index (χ4v) is 2.04. The van der Waals surface area contributed by atoms with E-state index >= 15 is 0 Å². The van der Waals surface area contributed by atoms with Crippen LogP contribution in [0.5, 0.6) is 0 Å².